The van der Waals surface area contributed by atoms with Crippen LogP contribution >= 0.6 is 15.9 Å². The predicted octanol–water partition coefficient (Wildman–Crippen LogP) is 6.24. The first-order chi connectivity index (χ1) is 16.7. The van der Waals surface area contributed by atoms with E-state index in [4.69, 9.17) is 14.2 Å². The lowest BCUT2D eigenvalue weighted by atomic mass is 9.87. The highest BCUT2D eigenvalue weighted by Crippen LogP contribution is 2.30. The van der Waals surface area contributed by atoms with Crippen molar-refractivity contribution in [1.82, 2.24) is 5.32 Å². The van der Waals surface area contributed by atoms with Crippen molar-refractivity contribution in [2.75, 3.05) is 26.3 Å². The number of rotatable bonds is 11. The topological polar surface area (TPSA) is 39.7 Å². The van der Waals surface area contributed by atoms with Gasteiger partial charge in [0.1, 0.15) is 11.6 Å². The number of nitrogens with one attached hydrogen (secondary N) is 1. The Hall–Kier alpha value is -2.25. The molecule has 34 heavy (non-hydrogen) atoms. The highest BCUT2D eigenvalue weighted by atomic mass is 79.9. The van der Waals surface area contributed by atoms with Gasteiger partial charge in [-0.3, -0.25) is 0 Å². The van der Waals surface area contributed by atoms with Crippen LogP contribution in [0.5, 0.6) is 5.75 Å². The molecule has 3 aromatic rings. The Morgan fingerprint density at radius 1 is 0.941 bits per heavy atom. The molecular formula is C28H31BrFNO3. The standard InChI is InChI=1S/C28H31BrFNO3/c29-27-12-9-24(30)17-23(27)20-34-28-18-31-14-13-26(28)22-7-10-25(11-8-22)33-16-4-15-32-19-21-5-2-1-3-6-21/h1-3,5-12,17,26,28,31H,4,13-16,18-20H2. The van der Waals surface area contributed by atoms with Gasteiger partial charge in [-0.05, 0) is 60.0 Å². The van der Waals surface area contributed by atoms with Crippen molar-refractivity contribution in [2.45, 2.75) is 38.1 Å². The average Bonchev–Trinajstić information content (AvgIpc) is 2.88. The first kappa shape index (κ1) is 24.9. The second kappa shape index (κ2) is 13.0. The first-order valence-electron chi connectivity index (χ1n) is 11.8. The third-order valence-electron chi connectivity index (χ3n) is 6.01. The van der Waals surface area contributed by atoms with E-state index in [0.29, 0.717) is 26.4 Å². The Bertz CT molecular complexity index is 1020. The maximum Gasteiger partial charge on any atom is 0.123 e. The van der Waals surface area contributed by atoms with Gasteiger partial charge in [-0.15, -0.1) is 0 Å². The van der Waals surface area contributed by atoms with E-state index < -0.39 is 0 Å². The highest BCUT2D eigenvalue weighted by molar-refractivity contribution is 9.10. The van der Waals surface area contributed by atoms with E-state index in [1.165, 1.54) is 23.3 Å². The Morgan fingerprint density at radius 3 is 2.59 bits per heavy atom. The molecule has 0 radical (unpaired) electrons. The van der Waals surface area contributed by atoms with Crippen LogP contribution in [-0.2, 0) is 22.7 Å². The normalized spacial score (nSPS) is 18.1. The summed E-state index contributed by atoms with van der Waals surface area (Å²) in [6, 6.07) is 23.2. The zero-order chi connectivity index (χ0) is 23.6. The lowest BCUT2D eigenvalue weighted by Crippen LogP contribution is -2.41. The van der Waals surface area contributed by atoms with Gasteiger partial charge in [-0.1, -0.05) is 58.4 Å². The van der Waals surface area contributed by atoms with Gasteiger partial charge in [0.2, 0.25) is 0 Å². The van der Waals surface area contributed by atoms with Crippen molar-refractivity contribution in [1.29, 1.82) is 0 Å². The maximum absolute atomic E-state index is 13.6. The fraction of sp³-hybridized carbons (Fsp3) is 0.357. The molecule has 0 bridgehead atoms. The Labute approximate surface area is 209 Å². The molecular weight excluding hydrogens is 497 g/mol. The second-order valence-electron chi connectivity index (χ2n) is 8.49. The zero-order valence-electron chi connectivity index (χ0n) is 19.2. The second-order valence-corrected chi connectivity index (χ2v) is 9.35. The third kappa shape index (κ3) is 7.37. The van der Waals surface area contributed by atoms with Gasteiger partial charge in [-0.2, -0.15) is 0 Å². The molecule has 0 saturated carbocycles. The van der Waals surface area contributed by atoms with Gasteiger partial charge in [0.15, 0.2) is 0 Å². The van der Waals surface area contributed by atoms with Crippen LogP contribution in [0, 0.1) is 5.82 Å². The van der Waals surface area contributed by atoms with Gasteiger partial charge in [0, 0.05) is 23.4 Å². The number of hydrogen-bond acceptors (Lipinski definition) is 4. The Kier molecular flexibility index (Phi) is 9.51. The molecule has 1 aliphatic rings. The summed E-state index contributed by atoms with van der Waals surface area (Å²) in [5.41, 5.74) is 3.24. The van der Waals surface area contributed by atoms with Crippen LogP contribution < -0.4 is 10.1 Å². The molecule has 1 fully saturated rings. The lowest BCUT2D eigenvalue weighted by Gasteiger charge is -2.32. The molecule has 0 amide bonds. The smallest absolute Gasteiger partial charge is 0.123 e. The number of benzene rings is 3. The lowest BCUT2D eigenvalue weighted by molar-refractivity contribution is 0.0102. The van der Waals surface area contributed by atoms with E-state index in [-0.39, 0.29) is 17.8 Å². The Balaban J connectivity index is 1.23. The molecule has 4 nitrogen and oxygen atoms in total. The molecule has 1 aliphatic heterocycles. The van der Waals surface area contributed by atoms with Gasteiger partial charge in [0.25, 0.3) is 0 Å². The van der Waals surface area contributed by atoms with Crippen molar-refractivity contribution in [3.63, 3.8) is 0 Å². The van der Waals surface area contributed by atoms with Crippen molar-refractivity contribution in [3.05, 3.63) is 99.8 Å². The molecule has 3 aromatic carbocycles. The van der Waals surface area contributed by atoms with Crippen LogP contribution in [0.15, 0.2) is 77.3 Å². The summed E-state index contributed by atoms with van der Waals surface area (Å²) in [6.07, 6.45) is 1.86. The van der Waals surface area contributed by atoms with Crippen LogP contribution in [-0.4, -0.2) is 32.4 Å². The predicted molar refractivity (Wildman–Crippen MR) is 136 cm³/mol. The van der Waals surface area contributed by atoms with Crippen LogP contribution in [0.2, 0.25) is 0 Å². The van der Waals surface area contributed by atoms with Crippen LogP contribution in [0.3, 0.4) is 0 Å². The fourth-order valence-electron chi connectivity index (χ4n) is 4.16. The molecule has 0 spiro atoms. The largest absolute Gasteiger partial charge is 0.494 e. The molecule has 0 aliphatic carbocycles. The minimum Gasteiger partial charge on any atom is -0.494 e. The van der Waals surface area contributed by atoms with E-state index in [1.54, 1.807) is 6.07 Å². The monoisotopic (exact) mass is 527 g/mol. The van der Waals surface area contributed by atoms with E-state index in [2.05, 4.69) is 45.5 Å². The molecule has 180 valence electrons. The van der Waals surface area contributed by atoms with Gasteiger partial charge < -0.3 is 19.5 Å². The van der Waals surface area contributed by atoms with Gasteiger partial charge >= 0.3 is 0 Å². The summed E-state index contributed by atoms with van der Waals surface area (Å²) >= 11 is 3.48. The quantitative estimate of drug-likeness (QED) is 0.300. The Morgan fingerprint density at radius 2 is 1.76 bits per heavy atom. The minimum absolute atomic E-state index is 0.0254. The SMILES string of the molecule is Fc1ccc(Br)c(COC2CNCCC2c2ccc(OCCCOCc3ccccc3)cc2)c1. The summed E-state index contributed by atoms with van der Waals surface area (Å²) in [6.45, 7) is 4.02. The van der Waals surface area contributed by atoms with Crippen molar-refractivity contribution in [2.24, 2.45) is 0 Å². The summed E-state index contributed by atoms with van der Waals surface area (Å²) in [5, 5.41) is 3.42. The summed E-state index contributed by atoms with van der Waals surface area (Å²) in [5.74, 6) is 0.898. The zero-order valence-corrected chi connectivity index (χ0v) is 20.8. The van der Waals surface area contributed by atoms with Crippen molar-refractivity contribution >= 4 is 15.9 Å². The summed E-state index contributed by atoms with van der Waals surface area (Å²) < 4.78 is 32.3. The number of hydrogen-bond donors (Lipinski definition) is 1. The van der Waals surface area contributed by atoms with E-state index in [1.807, 2.05) is 30.3 Å². The first-order valence-corrected chi connectivity index (χ1v) is 12.6. The van der Waals surface area contributed by atoms with Gasteiger partial charge in [0.05, 0.1) is 32.5 Å². The molecule has 1 N–H and O–H groups in total. The number of halogens is 2. The molecule has 1 heterocycles. The van der Waals surface area contributed by atoms with Crippen LogP contribution in [0.25, 0.3) is 0 Å². The molecule has 2 unspecified atom stereocenters. The molecule has 0 aromatic heterocycles. The highest BCUT2D eigenvalue weighted by Gasteiger charge is 2.27. The average molecular weight is 528 g/mol. The minimum atomic E-state index is -0.251. The van der Waals surface area contributed by atoms with Gasteiger partial charge in [-0.25, -0.2) is 4.39 Å². The summed E-state index contributed by atoms with van der Waals surface area (Å²) in [4.78, 5) is 0. The maximum atomic E-state index is 13.6. The van der Waals surface area contributed by atoms with Crippen molar-refractivity contribution < 1.29 is 18.6 Å². The van der Waals surface area contributed by atoms with E-state index in [9.17, 15) is 4.39 Å². The van der Waals surface area contributed by atoms with Crippen LogP contribution in [0.1, 0.15) is 35.4 Å². The van der Waals surface area contributed by atoms with Crippen LogP contribution in [0.4, 0.5) is 4.39 Å². The van der Waals surface area contributed by atoms with Crippen molar-refractivity contribution in [3.8, 4) is 5.75 Å². The molecule has 1 saturated heterocycles. The molecule has 2 atom stereocenters. The van der Waals surface area contributed by atoms with E-state index in [0.717, 1.165) is 41.7 Å². The van der Waals surface area contributed by atoms with E-state index >= 15 is 0 Å². The number of piperidine rings is 1. The summed E-state index contributed by atoms with van der Waals surface area (Å²) in [7, 11) is 0. The third-order valence-corrected chi connectivity index (χ3v) is 6.78. The molecule has 4 rings (SSSR count). The fourth-order valence-corrected chi connectivity index (χ4v) is 4.52. The number of ether oxygens (including phenoxy) is 3. The molecule has 6 heteroatoms.